The molecule has 1 nitrogen and oxygen atoms in total. The molecule has 0 heterocycles. The fraction of sp³-hybridized carbons (Fsp3) is 0.955. The van der Waals surface area contributed by atoms with Crippen LogP contribution in [-0.4, -0.2) is 5.78 Å². The van der Waals surface area contributed by atoms with Gasteiger partial charge in [0.15, 0.2) is 0 Å². The van der Waals surface area contributed by atoms with Crippen molar-refractivity contribution in [1.82, 2.24) is 0 Å². The quantitative estimate of drug-likeness (QED) is 0.522. The fourth-order valence-corrected chi connectivity index (χ4v) is 3.93. The number of ketones is 1. The van der Waals surface area contributed by atoms with E-state index in [2.05, 4.69) is 6.92 Å². The summed E-state index contributed by atoms with van der Waals surface area (Å²) >= 11 is 0. The summed E-state index contributed by atoms with van der Waals surface area (Å²) in [6.45, 7) is 2.24. The maximum Gasteiger partial charge on any atom is 0.135 e. The first kappa shape index (κ1) is 20.7. The van der Waals surface area contributed by atoms with Gasteiger partial charge >= 0.3 is 0 Å². The zero-order chi connectivity index (χ0) is 16.6. The van der Waals surface area contributed by atoms with Crippen molar-refractivity contribution < 1.29 is 4.79 Å². The molecule has 23 heavy (non-hydrogen) atoms. The van der Waals surface area contributed by atoms with Crippen molar-refractivity contribution in [3.8, 4) is 0 Å². The zero-order valence-corrected chi connectivity index (χ0v) is 15.9. The van der Waals surface area contributed by atoms with E-state index in [-0.39, 0.29) is 0 Å². The van der Waals surface area contributed by atoms with Gasteiger partial charge in [0.2, 0.25) is 0 Å². The third-order valence-corrected chi connectivity index (χ3v) is 5.59. The molecule has 0 spiro atoms. The monoisotopic (exact) mass is 322 g/mol. The van der Waals surface area contributed by atoms with Crippen LogP contribution < -0.4 is 0 Å². The van der Waals surface area contributed by atoms with Crippen LogP contribution in [0.2, 0.25) is 0 Å². The highest BCUT2D eigenvalue weighted by atomic mass is 16.1. The van der Waals surface area contributed by atoms with Gasteiger partial charge in [-0.05, 0) is 19.3 Å². The van der Waals surface area contributed by atoms with E-state index in [4.69, 9.17) is 0 Å². The molecule has 0 aromatic rings. The summed E-state index contributed by atoms with van der Waals surface area (Å²) in [6, 6.07) is 0. The van der Waals surface area contributed by atoms with Gasteiger partial charge in [-0.3, -0.25) is 4.79 Å². The highest BCUT2D eigenvalue weighted by Crippen LogP contribution is 2.22. The normalized spacial score (nSPS) is 24.7. The topological polar surface area (TPSA) is 17.1 Å². The molecule has 1 saturated carbocycles. The summed E-state index contributed by atoms with van der Waals surface area (Å²) in [5.74, 6) is 0.966. The van der Waals surface area contributed by atoms with E-state index in [1.165, 1.54) is 103 Å². The van der Waals surface area contributed by atoms with Gasteiger partial charge in [-0.25, -0.2) is 0 Å². The molecule has 1 heteroatoms. The molecule has 1 aliphatic rings. The van der Waals surface area contributed by atoms with E-state index in [9.17, 15) is 4.79 Å². The van der Waals surface area contributed by atoms with Gasteiger partial charge in [0.25, 0.3) is 0 Å². The fourth-order valence-electron chi connectivity index (χ4n) is 3.93. The van der Waals surface area contributed by atoms with Crippen LogP contribution in [0.3, 0.4) is 0 Å². The van der Waals surface area contributed by atoms with E-state index in [1.54, 1.807) is 0 Å². The molecule has 0 aromatic heterocycles. The van der Waals surface area contributed by atoms with Gasteiger partial charge in [0.1, 0.15) is 5.78 Å². The van der Waals surface area contributed by atoms with Crippen molar-refractivity contribution in [1.29, 1.82) is 0 Å². The van der Waals surface area contributed by atoms with Crippen molar-refractivity contribution >= 4 is 5.78 Å². The third kappa shape index (κ3) is 11.8. The maximum atomic E-state index is 12.5. The van der Waals surface area contributed by atoms with Crippen LogP contribution in [0.5, 0.6) is 0 Å². The Hall–Kier alpha value is -0.330. The largest absolute Gasteiger partial charge is 0.299 e. The standard InChI is InChI=1S/C22H42O/c1-2-3-18-21-19-16-14-12-10-8-6-4-5-7-9-11-13-15-17-20-22(21)23/h21H,2-20H2,1H3. The molecular formula is C22H42O. The number of unbranched alkanes of at least 4 members (excludes halogenated alkanes) is 1. The Labute approximate surface area is 146 Å². The third-order valence-electron chi connectivity index (χ3n) is 5.59. The van der Waals surface area contributed by atoms with Crippen LogP contribution in [-0.2, 0) is 4.79 Å². The minimum absolute atomic E-state index is 0.383. The minimum atomic E-state index is 0.383. The van der Waals surface area contributed by atoms with E-state index in [0.717, 1.165) is 19.3 Å². The second-order valence-electron chi connectivity index (χ2n) is 7.79. The lowest BCUT2D eigenvalue weighted by molar-refractivity contribution is -0.123. The average Bonchev–Trinajstić information content (AvgIpc) is 2.56. The molecule has 0 aliphatic heterocycles. The first-order chi connectivity index (χ1) is 11.3. The Morgan fingerprint density at radius 1 is 0.696 bits per heavy atom. The van der Waals surface area contributed by atoms with Crippen molar-refractivity contribution in [2.75, 3.05) is 0 Å². The second-order valence-corrected chi connectivity index (χ2v) is 7.79. The average molecular weight is 323 g/mol. The Bertz CT molecular complexity index is 271. The van der Waals surface area contributed by atoms with E-state index in [0.29, 0.717) is 11.7 Å². The maximum absolute atomic E-state index is 12.5. The predicted octanol–water partition coefficient (Wildman–Crippen LogP) is 7.62. The first-order valence-electron chi connectivity index (χ1n) is 10.9. The summed E-state index contributed by atoms with van der Waals surface area (Å²) < 4.78 is 0. The zero-order valence-electron chi connectivity index (χ0n) is 15.9. The molecule has 1 unspecified atom stereocenters. The highest BCUT2D eigenvalue weighted by Gasteiger charge is 2.16. The van der Waals surface area contributed by atoms with Crippen LogP contribution in [0.4, 0.5) is 0 Å². The number of rotatable bonds is 3. The molecule has 1 aliphatic carbocycles. The first-order valence-corrected chi connectivity index (χ1v) is 10.9. The number of Topliss-reactive ketones (excluding diaryl/α,β-unsaturated/α-hetero) is 1. The summed E-state index contributed by atoms with van der Waals surface area (Å²) in [6.07, 6.45) is 24.8. The Balaban J connectivity index is 2.33. The molecule has 0 aromatic carbocycles. The predicted molar refractivity (Wildman–Crippen MR) is 102 cm³/mol. The molecule has 0 saturated heterocycles. The number of carbonyl (C=O) groups is 1. The molecule has 0 amide bonds. The minimum Gasteiger partial charge on any atom is -0.299 e. The van der Waals surface area contributed by atoms with E-state index in [1.807, 2.05) is 0 Å². The van der Waals surface area contributed by atoms with Gasteiger partial charge in [0, 0.05) is 12.3 Å². The summed E-state index contributed by atoms with van der Waals surface area (Å²) in [7, 11) is 0. The molecule has 0 N–H and O–H groups in total. The lowest BCUT2D eigenvalue weighted by Gasteiger charge is -2.15. The summed E-state index contributed by atoms with van der Waals surface area (Å²) in [5.41, 5.74) is 0. The molecule has 136 valence electrons. The lowest BCUT2D eigenvalue weighted by atomic mass is 9.88. The summed E-state index contributed by atoms with van der Waals surface area (Å²) in [4.78, 5) is 12.5. The highest BCUT2D eigenvalue weighted by molar-refractivity contribution is 5.80. The Kier molecular flexibility index (Phi) is 13.7. The molecule has 0 radical (unpaired) electrons. The van der Waals surface area contributed by atoms with E-state index < -0.39 is 0 Å². The van der Waals surface area contributed by atoms with Gasteiger partial charge in [0.05, 0.1) is 0 Å². The van der Waals surface area contributed by atoms with Crippen molar-refractivity contribution in [3.63, 3.8) is 0 Å². The Morgan fingerprint density at radius 3 is 1.61 bits per heavy atom. The smallest absolute Gasteiger partial charge is 0.135 e. The SMILES string of the molecule is CCCCC1CCCCCCCCCCCCCCCCC1=O. The second kappa shape index (κ2) is 15.2. The molecular weight excluding hydrogens is 280 g/mol. The van der Waals surface area contributed by atoms with Crippen molar-refractivity contribution in [2.24, 2.45) is 5.92 Å². The Morgan fingerprint density at radius 2 is 1.13 bits per heavy atom. The number of carbonyl (C=O) groups excluding carboxylic acids is 1. The van der Waals surface area contributed by atoms with Crippen LogP contribution in [0.15, 0.2) is 0 Å². The van der Waals surface area contributed by atoms with Crippen LogP contribution in [0, 0.1) is 5.92 Å². The lowest BCUT2D eigenvalue weighted by Crippen LogP contribution is -2.14. The number of hydrogen-bond acceptors (Lipinski definition) is 1. The van der Waals surface area contributed by atoms with Crippen LogP contribution in [0.25, 0.3) is 0 Å². The van der Waals surface area contributed by atoms with Gasteiger partial charge in [-0.1, -0.05) is 103 Å². The van der Waals surface area contributed by atoms with Crippen molar-refractivity contribution in [3.05, 3.63) is 0 Å². The molecule has 1 rings (SSSR count). The number of hydrogen-bond donors (Lipinski definition) is 0. The van der Waals surface area contributed by atoms with Crippen LogP contribution in [0.1, 0.15) is 129 Å². The van der Waals surface area contributed by atoms with E-state index >= 15 is 0 Å². The molecule has 0 bridgehead atoms. The van der Waals surface area contributed by atoms with Gasteiger partial charge in [-0.2, -0.15) is 0 Å². The summed E-state index contributed by atoms with van der Waals surface area (Å²) in [5, 5.41) is 0. The van der Waals surface area contributed by atoms with Gasteiger partial charge < -0.3 is 0 Å². The molecule has 1 fully saturated rings. The van der Waals surface area contributed by atoms with Crippen LogP contribution >= 0.6 is 0 Å². The molecule has 1 atom stereocenters. The van der Waals surface area contributed by atoms with Crippen molar-refractivity contribution in [2.45, 2.75) is 129 Å². The van der Waals surface area contributed by atoms with Gasteiger partial charge in [-0.15, -0.1) is 0 Å².